The monoisotopic (exact) mass is 220 g/mol. The Bertz CT molecular complexity index is 325. The summed E-state index contributed by atoms with van der Waals surface area (Å²) in [7, 11) is -3.10. The number of hydrogen-bond donors (Lipinski definition) is 1. The predicted molar refractivity (Wildman–Crippen MR) is 52.8 cm³/mol. The molecule has 1 aliphatic rings. The van der Waals surface area contributed by atoms with E-state index in [2.05, 4.69) is 0 Å². The zero-order valence-electron chi connectivity index (χ0n) is 8.49. The molecule has 82 valence electrons. The molecular weight excluding hydrogens is 204 g/mol. The molecule has 0 amide bonds. The summed E-state index contributed by atoms with van der Waals surface area (Å²) < 4.78 is 23.1. The SMILES string of the molecule is CC(C)S(=O)(=O)CC1(CC(=O)O)CC1. The van der Waals surface area contributed by atoms with Gasteiger partial charge in [-0.1, -0.05) is 0 Å². The molecule has 0 unspecified atom stereocenters. The van der Waals surface area contributed by atoms with Crippen LogP contribution in [-0.2, 0) is 14.6 Å². The first kappa shape index (κ1) is 11.5. The Hall–Kier alpha value is -0.580. The van der Waals surface area contributed by atoms with E-state index in [1.165, 1.54) is 0 Å². The van der Waals surface area contributed by atoms with Gasteiger partial charge in [-0.3, -0.25) is 4.79 Å². The second kappa shape index (κ2) is 3.53. The van der Waals surface area contributed by atoms with Gasteiger partial charge in [-0.05, 0) is 32.1 Å². The molecule has 0 aromatic heterocycles. The van der Waals surface area contributed by atoms with E-state index in [-0.39, 0.29) is 12.2 Å². The van der Waals surface area contributed by atoms with E-state index in [1.807, 2.05) is 0 Å². The molecule has 1 rings (SSSR count). The quantitative estimate of drug-likeness (QED) is 0.752. The Morgan fingerprint density at radius 3 is 2.21 bits per heavy atom. The van der Waals surface area contributed by atoms with Crippen LogP contribution in [-0.4, -0.2) is 30.5 Å². The molecule has 0 aromatic rings. The molecule has 0 aliphatic heterocycles. The molecule has 5 heteroatoms. The fourth-order valence-corrected chi connectivity index (χ4v) is 3.04. The van der Waals surface area contributed by atoms with E-state index < -0.39 is 26.5 Å². The summed E-state index contributed by atoms with van der Waals surface area (Å²) in [5.41, 5.74) is -0.449. The van der Waals surface area contributed by atoms with Gasteiger partial charge in [-0.15, -0.1) is 0 Å². The lowest BCUT2D eigenvalue weighted by Crippen LogP contribution is -2.26. The number of aliphatic carboxylic acids is 1. The molecule has 0 heterocycles. The first-order chi connectivity index (χ1) is 6.27. The largest absolute Gasteiger partial charge is 0.481 e. The van der Waals surface area contributed by atoms with Gasteiger partial charge in [0, 0.05) is 0 Å². The van der Waals surface area contributed by atoms with E-state index in [9.17, 15) is 13.2 Å². The maximum atomic E-state index is 11.6. The minimum Gasteiger partial charge on any atom is -0.481 e. The minimum atomic E-state index is -3.10. The molecule has 0 bridgehead atoms. The summed E-state index contributed by atoms with van der Waals surface area (Å²) in [6.45, 7) is 3.26. The summed E-state index contributed by atoms with van der Waals surface area (Å²) in [4.78, 5) is 10.5. The highest BCUT2D eigenvalue weighted by Crippen LogP contribution is 2.50. The number of carboxylic acids is 1. The molecule has 14 heavy (non-hydrogen) atoms. The van der Waals surface area contributed by atoms with Crippen LogP contribution in [0.3, 0.4) is 0 Å². The second-order valence-corrected chi connectivity index (χ2v) is 6.98. The first-order valence-electron chi connectivity index (χ1n) is 4.71. The molecule has 1 fully saturated rings. The van der Waals surface area contributed by atoms with Gasteiger partial charge in [0.1, 0.15) is 0 Å². The minimum absolute atomic E-state index is 0.0149. The first-order valence-corrected chi connectivity index (χ1v) is 6.42. The maximum absolute atomic E-state index is 11.6. The smallest absolute Gasteiger partial charge is 0.303 e. The molecule has 4 nitrogen and oxygen atoms in total. The van der Waals surface area contributed by atoms with Crippen LogP contribution < -0.4 is 0 Å². The van der Waals surface area contributed by atoms with Crippen molar-refractivity contribution >= 4 is 15.8 Å². The van der Waals surface area contributed by atoms with Crippen LogP contribution in [0.25, 0.3) is 0 Å². The lowest BCUT2D eigenvalue weighted by atomic mass is 10.1. The van der Waals surface area contributed by atoms with Crippen LogP contribution in [0.5, 0.6) is 0 Å². The molecule has 0 radical (unpaired) electrons. The molecule has 0 saturated heterocycles. The molecule has 0 aromatic carbocycles. The van der Waals surface area contributed by atoms with Gasteiger partial charge in [-0.25, -0.2) is 8.42 Å². The number of sulfone groups is 1. The van der Waals surface area contributed by atoms with Crippen LogP contribution in [0, 0.1) is 5.41 Å². The van der Waals surface area contributed by atoms with E-state index in [1.54, 1.807) is 13.8 Å². The lowest BCUT2D eigenvalue weighted by molar-refractivity contribution is -0.138. The van der Waals surface area contributed by atoms with Crippen molar-refractivity contribution in [1.82, 2.24) is 0 Å². The number of hydrogen-bond acceptors (Lipinski definition) is 3. The van der Waals surface area contributed by atoms with Crippen molar-refractivity contribution < 1.29 is 18.3 Å². The highest BCUT2D eigenvalue weighted by molar-refractivity contribution is 7.92. The summed E-state index contributed by atoms with van der Waals surface area (Å²) in [6, 6.07) is 0. The van der Waals surface area contributed by atoms with Crippen LogP contribution in [0.4, 0.5) is 0 Å². The third-order valence-electron chi connectivity index (χ3n) is 2.71. The number of carbonyl (C=O) groups is 1. The van der Waals surface area contributed by atoms with E-state index in [0.29, 0.717) is 0 Å². The van der Waals surface area contributed by atoms with Gasteiger partial charge in [0.05, 0.1) is 17.4 Å². The molecule has 1 N–H and O–H groups in total. The summed E-state index contributed by atoms with van der Waals surface area (Å²) in [5.74, 6) is -0.870. The van der Waals surface area contributed by atoms with Crippen molar-refractivity contribution in [2.24, 2.45) is 5.41 Å². The molecular formula is C9H16O4S. The van der Waals surface area contributed by atoms with Crippen LogP contribution in [0.1, 0.15) is 33.1 Å². The van der Waals surface area contributed by atoms with Crippen molar-refractivity contribution in [3.05, 3.63) is 0 Å². The van der Waals surface area contributed by atoms with Crippen molar-refractivity contribution in [1.29, 1.82) is 0 Å². The Kier molecular flexibility index (Phi) is 2.90. The molecule has 0 spiro atoms. The van der Waals surface area contributed by atoms with Crippen molar-refractivity contribution in [2.75, 3.05) is 5.75 Å². The third-order valence-corrected chi connectivity index (χ3v) is 5.16. The van der Waals surface area contributed by atoms with Crippen LogP contribution in [0.2, 0.25) is 0 Å². The number of rotatable bonds is 5. The topological polar surface area (TPSA) is 71.4 Å². The Morgan fingerprint density at radius 1 is 1.43 bits per heavy atom. The van der Waals surface area contributed by atoms with Gasteiger partial charge >= 0.3 is 5.97 Å². The Labute approximate surface area is 84.2 Å². The highest BCUT2D eigenvalue weighted by atomic mass is 32.2. The molecule has 0 atom stereocenters. The van der Waals surface area contributed by atoms with Crippen LogP contribution >= 0.6 is 0 Å². The van der Waals surface area contributed by atoms with E-state index in [4.69, 9.17) is 5.11 Å². The van der Waals surface area contributed by atoms with E-state index in [0.717, 1.165) is 12.8 Å². The van der Waals surface area contributed by atoms with Crippen molar-refractivity contribution in [3.63, 3.8) is 0 Å². The van der Waals surface area contributed by atoms with Gasteiger partial charge in [-0.2, -0.15) is 0 Å². The zero-order valence-corrected chi connectivity index (χ0v) is 9.30. The lowest BCUT2D eigenvalue weighted by Gasteiger charge is -2.14. The fraction of sp³-hybridized carbons (Fsp3) is 0.889. The van der Waals surface area contributed by atoms with Crippen molar-refractivity contribution in [3.8, 4) is 0 Å². The molecule has 1 saturated carbocycles. The predicted octanol–water partition coefficient (Wildman–Crippen LogP) is 1.06. The van der Waals surface area contributed by atoms with Crippen molar-refractivity contribution in [2.45, 2.75) is 38.4 Å². The Morgan fingerprint density at radius 2 is 1.93 bits per heavy atom. The summed E-state index contributed by atoms with van der Waals surface area (Å²) in [5, 5.41) is 8.22. The fourth-order valence-electron chi connectivity index (χ4n) is 1.46. The maximum Gasteiger partial charge on any atom is 0.303 e. The third kappa shape index (κ3) is 2.70. The summed E-state index contributed by atoms with van der Waals surface area (Å²) >= 11 is 0. The standard InChI is InChI=1S/C9H16O4S/c1-7(2)14(12,13)6-9(3-4-9)5-8(10)11/h7H,3-6H2,1-2H3,(H,10,11). The second-order valence-electron chi connectivity index (χ2n) is 4.43. The normalized spacial score (nSPS) is 19.6. The van der Waals surface area contributed by atoms with Crippen LogP contribution in [0.15, 0.2) is 0 Å². The van der Waals surface area contributed by atoms with Gasteiger partial charge in [0.2, 0.25) is 0 Å². The average molecular weight is 220 g/mol. The van der Waals surface area contributed by atoms with Gasteiger partial charge in [0.15, 0.2) is 9.84 Å². The highest BCUT2D eigenvalue weighted by Gasteiger charge is 2.48. The summed E-state index contributed by atoms with van der Waals surface area (Å²) in [6.07, 6.45) is 1.44. The average Bonchev–Trinajstić information content (AvgIpc) is 2.65. The van der Waals surface area contributed by atoms with E-state index >= 15 is 0 Å². The zero-order chi connectivity index (χ0) is 11.0. The Balaban J connectivity index is 2.65. The van der Waals surface area contributed by atoms with Gasteiger partial charge in [0.25, 0.3) is 0 Å². The van der Waals surface area contributed by atoms with Gasteiger partial charge < -0.3 is 5.11 Å². The molecule has 1 aliphatic carbocycles. The number of carboxylic acid groups (broad SMARTS) is 1.